The van der Waals surface area contributed by atoms with Crippen LogP contribution in [0.3, 0.4) is 0 Å². The first-order valence-corrected chi connectivity index (χ1v) is 10.0. The molecule has 0 saturated carbocycles. The fraction of sp³-hybridized carbons (Fsp3) is 0.571. The minimum absolute atomic E-state index is 0.396. The van der Waals surface area contributed by atoms with Crippen molar-refractivity contribution in [3.8, 4) is 0 Å². The standard InChI is InChI=1S/C21H30N6/c1-16-6-4-7-19(22-16)20-8-5-9-27(20)15-18-14-21(24-17(2)23-18)26-12-10-25(3)11-13-26/h4,6-7,14,20H,5,8-13,15H2,1-3H3. The largest absolute Gasteiger partial charge is 0.354 e. The molecule has 0 amide bonds. The summed E-state index contributed by atoms with van der Waals surface area (Å²) < 4.78 is 0. The van der Waals surface area contributed by atoms with E-state index in [1.165, 1.54) is 18.5 Å². The smallest absolute Gasteiger partial charge is 0.132 e. The number of hydrogen-bond donors (Lipinski definition) is 0. The predicted molar refractivity (Wildman–Crippen MR) is 108 cm³/mol. The molecule has 2 aromatic rings. The van der Waals surface area contributed by atoms with E-state index in [9.17, 15) is 0 Å². The van der Waals surface area contributed by atoms with Gasteiger partial charge < -0.3 is 9.80 Å². The molecule has 2 aliphatic rings. The van der Waals surface area contributed by atoms with Gasteiger partial charge >= 0.3 is 0 Å². The van der Waals surface area contributed by atoms with Gasteiger partial charge in [-0.1, -0.05) is 6.07 Å². The van der Waals surface area contributed by atoms with E-state index in [0.29, 0.717) is 6.04 Å². The summed E-state index contributed by atoms with van der Waals surface area (Å²) in [4.78, 5) is 21.5. The number of aryl methyl sites for hydroxylation is 2. The number of likely N-dealkylation sites (N-methyl/N-ethyl adjacent to an activating group) is 1. The number of likely N-dealkylation sites (tertiary alicyclic amines) is 1. The van der Waals surface area contributed by atoms with Crippen LogP contribution in [0.4, 0.5) is 5.82 Å². The van der Waals surface area contributed by atoms with Gasteiger partial charge in [0.25, 0.3) is 0 Å². The first-order valence-electron chi connectivity index (χ1n) is 10.0. The van der Waals surface area contributed by atoms with Crippen LogP contribution in [0.2, 0.25) is 0 Å². The fourth-order valence-corrected chi connectivity index (χ4v) is 4.20. The van der Waals surface area contributed by atoms with Gasteiger partial charge in [0.05, 0.1) is 17.4 Å². The van der Waals surface area contributed by atoms with Gasteiger partial charge in [-0.2, -0.15) is 0 Å². The molecule has 0 aromatic carbocycles. The van der Waals surface area contributed by atoms with Crippen molar-refractivity contribution in [1.82, 2.24) is 24.8 Å². The highest BCUT2D eigenvalue weighted by Crippen LogP contribution is 2.32. The van der Waals surface area contributed by atoms with Gasteiger partial charge in [0.1, 0.15) is 11.6 Å². The summed E-state index contributed by atoms with van der Waals surface area (Å²) in [6.07, 6.45) is 2.39. The van der Waals surface area contributed by atoms with E-state index in [1.807, 2.05) is 6.92 Å². The zero-order valence-corrected chi connectivity index (χ0v) is 16.7. The summed E-state index contributed by atoms with van der Waals surface area (Å²) in [7, 11) is 2.18. The maximum Gasteiger partial charge on any atom is 0.132 e. The Morgan fingerprint density at radius 2 is 1.81 bits per heavy atom. The Balaban J connectivity index is 1.51. The molecule has 2 aliphatic heterocycles. The molecule has 6 heteroatoms. The van der Waals surface area contributed by atoms with Crippen LogP contribution in [0.5, 0.6) is 0 Å². The van der Waals surface area contributed by atoms with Gasteiger partial charge in [-0.25, -0.2) is 9.97 Å². The van der Waals surface area contributed by atoms with Gasteiger partial charge in [0.2, 0.25) is 0 Å². The van der Waals surface area contributed by atoms with Crippen LogP contribution >= 0.6 is 0 Å². The topological polar surface area (TPSA) is 48.4 Å². The number of piperazine rings is 1. The molecule has 27 heavy (non-hydrogen) atoms. The number of aromatic nitrogens is 3. The van der Waals surface area contributed by atoms with Crippen LogP contribution in [-0.4, -0.2) is 64.5 Å². The van der Waals surface area contributed by atoms with Gasteiger partial charge in [0.15, 0.2) is 0 Å². The Kier molecular flexibility index (Phi) is 5.36. The van der Waals surface area contributed by atoms with Crippen LogP contribution in [0.25, 0.3) is 0 Å². The summed E-state index contributed by atoms with van der Waals surface area (Å²) in [6.45, 7) is 10.3. The maximum atomic E-state index is 4.78. The van der Waals surface area contributed by atoms with Crippen molar-refractivity contribution in [3.05, 3.63) is 47.2 Å². The molecular weight excluding hydrogens is 336 g/mol. The molecule has 0 bridgehead atoms. The Morgan fingerprint density at radius 1 is 1.00 bits per heavy atom. The molecule has 0 N–H and O–H groups in total. The van der Waals surface area contributed by atoms with E-state index < -0.39 is 0 Å². The molecule has 4 rings (SSSR count). The number of pyridine rings is 1. The third-order valence-electron chi connectivity index (χ3n) is 5.68. The fourth-order valence-electron chi connectivity index (χ4n) is 4.20. The molecule has 2 aromatic heterocycles. The molecule has 4 heterocycles. The normalized spacial score (nSPS) is 21.7. The zero-order chi connectivity index (χ0) is 18.8. The van der Waals surface area contributed by atoms with Gasteiger partial charge in [-0.3, -0.25) is 9.88 Å². The molecule has 144 valence electrons. The highest BCUT2D eigenvalue weighted by Gasteiger charge is 2.28. The lowest BCUT2D eigenvalue weighted by atomic mass is 10.1. The number of nitrogens with zero attached hydrogens (tertiary/aromatic N) is 6. The van der Waals surface area contributed by atoms with Crippen molar-refractivity contribution in [1.29, 1.82) is 0 Å². The maximum absolute atomic E-state index is 4.78. The third-order valence-corrected chi connectivity index (χ3v) is 5.68. The van der Waals surface area contributed by atoms with Crippen molar-refractivity contribution in [2.45, 2.75) is 39.3 Å². The zero-order valence-electron chi connectivity index (χ0n) is 16.7. The first kappa shape index (κ1) is 18.3. The van der Waals surface area contributed by atoms with E-state index in [2.05, 4.69) is 52.9 Å². The monoisotopic (exact) mass is 366 g/mol. The molecule has 0 spiro atoms. The van der Waals surface area contributed by atoms with Crippen LogP contribution in [0, 0.1) is 13.8 Å². The van der Waals surface area contributed by atoms with E-state index in [1.54, 1.807) is 0 Å². The van der Waals surface area contributed by atoms with E-state index >= 15 is 0 Å². The van der Waals surface area contributed by atoms with Gasteiger partial charge in [0, 0.05) is 44.5 Å². The minimum atomic E-state index is 0.396. The van der Waals surface area contributed by atoms with Gasteiger partial charge in [-0.15, -0.1) is 0 Å². The quantitative estimate of drug-likeness (QED) is 0.829. The van der Waals surface area contributed by atoms with Crippen molar-refractivity contribution in [2.75, 3.05) is 44.7 Å². The van der Waals surface area contributed by atoms with Crippen molar-refractivity contribution in [2.24, 2.45) is 0 Å². The van der Waals surface area contributed by atoms with Crippen LogP contribution < -0.4 is 4.90 Å². The first-order chi connectivity index (χ1) is 13.1. The molecule has 1 atom stereocenters. The Morgan fingerprint density at radius 3 is 2.59 bits per heavy atom. The predicted octanol–water partition coefficient (Wildman–Crippen LogP) is 2.58. The second kappa shape index (κ2) is 7.90. The van der Waals surface area contributed by atoms with E-state index in [4.69, 9.17) is 15.0 Å². The molecule has 2 saturated heterocycles. The van der Waals surface area contributed by atoms with Crippen molar-refractivity contribution >= 4 is 5.82 Å². The Bertz CT molecular complexity index is 784. The summed E-state index contributed by atoms with van der Waals surface area (Å²) in [5.74, 6) is 1.95. The highest BCUT2D eigenvalue weighted by molar-refractivity contribution is 5.40. The average Bonchev–Trinajstić information content (AvgIpc) is 3.10. The van der Waals surface area contributed by atoms with Crippen LogP contribution in [-0.2, 0) is 6.54 Å². The van der Waals surface area contributed by atoms with E-state index in [-0.39, 0.29) is 0 Å². The molecule has 2 fully saturated rings. The lowest BCUT2D eigenvalue weighted by Crippen LogP contribution is -2.45. The van der Waals surface area contributed by atoms with Crippen molar-refractivity contribution in [3.63, 3.8) is 0 Å². The molecule has 6 nitrogen and oxygen atoms in total. The number of hydrogen-bond acceptors (Lipinski definition) is 6. The summed E-state index contributed by atoms with van der Waals surface area (Å²) in [6, 6.07) is 8.94. The minimum Gasteiger partial charge on any atom is -0.354 e. The molecule has 0 aliphatic carbocycles. The third kappa shape index (κ3) is 4.28. The lowest BCUT2D eigenvalue weighted by molar-refractivity contribution is 0.241. The second-order valence-corrected chi connectivity index (χ2v) is 7.89. The molecular formula is C21H30N6. The number of rotatable bonds is 4. The summed E-state index contributed by atoms with van der Waals surface area (Å²) in [5, 5.41) is 0. The SMILES string of the molecule is Cc1cccc(C2CCCN2Cc2cc(N3CCN(C)CC3)nc(C)n2)n1. The van der Waals surface area contributed by atoms with Crippen LogP contribution in [0.15, 0.2) is 24.3 Å². The lowest BCUT2D eigenvalue weighted by Gasteiger charge is -2.33. The highest BCUT2D eigenvalue weighted by atomic mass is 15.3. The summed E-state index contributed by atoms with van der Waals surface area (Å²) in [5.41, 5.74) is 3.41. The second-order valence-electron chi connectivity index (χ2n) is 7.89. The molecule has 1 unspecified atom stereocenters. The van der Waals surface area contributed by atoms with E-state index in [0.717, 1.165) is 62.3 Å². The Labute approximate surface area is 162 Å². The van der Waals surface area contributed by atoms with Crippen molar-refractivity contribution < 1.29 is 0 Å². The van der Waals surface area contributed by atoms with Gasteiger partial charge in [-0.05, 0) is 52.4 Å². The van der Waals surface area contributed by atoms with Crippen LogP contribution in [0.1, 0.15) is 41.8 Å². The Hall–Kier alpha value is -2.05. The molecule has 0 radical (unpaired) electrons. The summed E-state index contributed by atoms with van der Waals surface area (Å²) >= 11 is 0. The average molecular weight is 367 g/mol. The number of anilines is 1.